The number of hydrogen-bond acceptors (Lipinski definition) is 5. The summed E-state index contributed by atoms with van der Waals surface area (Å²) in [5.74, 6) is 0.651. The van der Waals surface area contributed by atoms with Crippen molar-refractivity contribution in [1.82, 2.24) is 9.13 Å². The first-order valence-electron chi connectivity index (χ1n) is 10.1. The maximum absolute atomic E-state index is 13.6. The van der Waals surface area contributed by atoms with E-state index in [1.165, 1.54) is 4.57 Å². The molecule has 4 aromatic rings. The van der Waals surface area contributed by atoms with E-state index in [1.54, 1.807) is 28.2 Å². The highest BCUT2D eigenvalue weighted by atomic mass is 79.9. The molecule has 4 heterocycles. The third-order valence-electron chi connectivity index (χ3n) is 5.63. The number of furan rings is 1. The van der Waals surface area contributed by atoms with Crippen LogP contribution in [-0.4, -0.2) is 14.7 Å². The largest absolute Gasteiger partial charge is 0.467 e. The molecule has 3 aromatic heterocycles. The molecule has 5 rings (SSSR count). The maximum atomic E-state index is 13.6. The molecule has 0 atom stereocenters. The van der Waals surface area contributed by atoms with Crippen molar-refractivity contribution in [1.29, 1.82) is 5.41 Å². The molecule has 1 aliphatic heterocycles. The number of nitrogens with one attached hydrogen (secondary N) is 1. The summed E-state index contributed by atoms with van der Waals surface area (Å²) in [6.07, 6.45) is 2.30. The van der Waals surface area contributed by atoms with Gasteiger partial charge in [-0.05, 0) is 49.2 Å². The predicted octanol–water partition coefficient (Wildman–Crippen LogP) is 4.65. The summed E-state index contributed by atoms with van der Waals surface area (Å²) in [6.45, 7) is 5.30. The second-order valence-corrected chi connectivity index (χ2v) is 10.4. The van der Waals surface area contributed by atoms with Gasteiger partial charge in [-0.3, -0.25) is 14.5 Å². The third kappa shape index (κ3) is 3.73. The maximum Gasteiger partial charge on any atom is 0.331 e. The zero-order valence-corrected chi connectivity index (χ0v) is 19.7. The second-order valence-electron chi connectivity index (χ2n) is 8.42. The van der Waals surface area contributed by atoms with Gasteiger partial charge >= 0.3 is 5.69 Å². The lowest BCUT2D eigenvalue weighted by molar-refractivity contribution is -0.0379. The molecular formula is C23H22BrN3O3S. The van der Waals surface area contributed by atoms with E-state index >= 15 is 0 Å². The van der Waals surface area contributed by atoms with Gasteiger partial charge in [-0.25, -0.2) is 4.79 Å². The fourth-order valence-electron chi connectivity index (χ4n) is 4.05. The highest BCUT2D eigenvalue weighted by Crippen LogP contribution is 2.37. The average molecular weight is 500 g/mol. The number of benzene rings is 1. The Balaban J connectivity index is 1.75. The first-order chi connectivity index (χ1) is 14.8. The number of halogens is 1. The van der Waals surface area contributed by atoms with Gasteiger partial charge in [0.05, 0.1) is 36.9 Å². The SMILES string of the molecule is CC1(C)Cc2c(sc3c2c(=N)n(Cc2ccco2)c(=O)n3Cc2ccc(Br)cc2)CO1. The molecule has 1 aliphatic rings. The predicted molar refractivity (Wildman–Crippen MR) is 124 cm³/mol. The van der Waals surface area contributed by atoms with Gasteiger partial charge in [0.25, 0.3) is 0 Å². The summed E-state index contributed by atoms with van der Waals surface area (Å²) in [4.78, 5) is 15.5. The molecule has 1 N–H and O–H groups in total. The fourth-order valence-corrected chi connectivity index (χ4v) is 5.54. The van der Waals surface area contributed by atoms with Crippen LogP contribution >= 0.6 is 27.3 Å². The van der Waals surface area contributed by atoms with E-state index in [2.05, 4.69) is 29.8 Å². The van der Waals surface area contributed by atoms with Gasteiger partial charge in [0.1, 0.15) is 16.1 Å². The number of aromatic nitrogens is 2. The van der Waals surface area contributed by atoms with Crippen LogP contribution in [-0.2, 0) is 30.9 Å². The van der Waals surface area contributed by atoms with Crippen LogP contribution in [0.2, 0.25) is 0 Å². The summed E-state index contributed by atoms with van der Waals surface area (Å²) in [7, 11) is 0. The molecule has 0 aliphatic carbocycles. The van der Waals surface area contributed by atoms with Crippen molar-refractivity contribution < 1.29 is 9.15 Å². The summed E-state index contributed by atoms with van der Waals surface area (Å²) < 4.78 is 15.8. The van der Waals surface area contributed by atoms with E-state index in [-0.39, 0.29) is 23.3 Å². The molecule has 6 nitrogen and oxygen atoms in total. The number of nitrogens with zero attached hydrogens (tertiary/aromatic N) is 2. The van der Waals surface area contributed by atoms with Crippen molar-refractivity contribution in [3.63, 3.8) is 0 Å². The lowest BCUT2D eigenvalue weighted by Crippen LogP contribution is -2.41. The Labute approximate surface area is 191 Å². The third-order valence-corrected chi connectivity index (χ3v) is 7.39. The van der Waals surface area contributed by atoms with Crippen molar-refractivity contribution in [2.45, 2.75) is 45.6 Å². The van der Waals surface area contributed by atoms with E-state index < -0.39 is 0 Å². The van der Waals surface area contributed by atoms with Crippen molar-refractivity contribution in [3.05, 3.63) is 84.9 Å². The zero-order chi connectivity index (χ0) is 21.8. The van der Waals surface area contributed by atoms with Crippen LogP contribution in [0, 0.1) is 5.41 Å². The van der Waals surface area contributed by atoms with Crippen LogP contribution < -0.4 is 11.2 Å². The molecule has 0 saturated carbocycles. The topological polar surface area (TPSA) is 73.2 Å². The van der Waals surface area contributed by atoms with Crippen molar-refractivity contribution in [2.24, 2.45) is 0 Å². The standard InChI is InChI=1S/C23H22BrN3O3S/c1-23(2)10-17-18(13-30-23)31-21-19(17)20(25)26(12-16-4-3-9-29-16)22(28)27(21)11-14-5-7-15(24)8-6-14/h3-9,25H,10-13H2,1-2H3. The van der Waals surface area contributed by atoms with Crippen LogP contribution in [0.5, 0.6) is 0 Å². The molecule has 0 amide bonds. The highest BCUT2D eigenvalue weighted by Gasteiger charge is 2.31. The van der Waals surface area contributed by atoms with Gasteiger partial charge in [-0.1, -0.05) is 28.1 Å². The Morgan fingerprint density at radius 2 is 1.94 bits per heavy atom. The lowest BCUT2D eigenvalue weighted by atomic mass is 9.94. The molecule has 160 valence electrons. The van der Waals surface area contributed by atoms with E-state index in [9.17, 15) is 4.79 Å². The van der Waals surface area contributed by atoms with E-state index in [0.29, 0.717) is 25.3 Å². The van der Waals surface area contributed by atoms with Gasteiger partial charge in [0.15, 0.2) is 0 Å². The van der Waals surface area contributed by atoms with Gasteiger partial charge < -0.3 is 9.15 Å². The van der Waals surface area contributed by atoms with E-state index in [4.69, 9.17) is 14.6 Å². The number of thiophene rings is 1. The van der Waals surface area contributed by atoms with Crippen LogP contribution in [0.1, 0.15) is 35.6 Å². The first kappa shape index (κ1) is 20.5. The van der Waals surface area contributed by atoms with Gasteiger partial charge in [-0.15, -0.1) is 11.3 Å². The summed E-state index contributed by atoms with van der Waals surface area (Å²) in [5.41, 5.74) is 1.87. The summed E-state index contributed by atoms with van der Waals surface area (Å²) >= 11 is 5.04. The minimum Gasteiger partial charge on any atom is -0.467 e. The molecule has 0 unspecified atom stereocenters. The smallest absolute Gasteiger partial charge is 0.331 e. The molecule has 0 radical (unpaired) electrons. The summed E-state index contributed by atoms with van der Waals surface area (Å²) in [6, 6.07) is 11.6. The quantitative estimate of drug-likeness (QED) is 0.444. The molecule has 0 spiro atoms. The minimum absolute atomic E-state index is 0.212. The van der Waals surface area contributed by atoms with Gasteiger partial charge in [-0.2, -0.15) is 0 Å². The Kier molecular flexibility index (Phi) is 5.03. The Morgan fingerprint density at radius 1 is 1.16 bits per heavy atom. The normalized spacial score (nSPS) is 15.3. The van der Waals surface area contributed by atoms with Crippen molar-refractivity contribution in [2.75, 3.05) is 0 Å². The van der Waals surface area contributed by atoms with Crippen LogP contribution in [0.3, 0.4) is 0 Å². The number of rotatable bonds is 4. The molecule has 0 saturated heterocycles. The van der Waals surface area contributed by atoms with Gasteiger partial charge in [0, 0.05) is 15.8 Å². The molecular weight excluding hydrogens is 478 g/mol. The highest BCUT2D eigenvalue weighted by molar-refractivity contribution is 9.10. The molecule has 8 heteroatoms. The second kappa shape index (κ2) is 7.62. The Hall–Kier alpha value is -2.42. The average Bonchev–Trinajstić information content (AvgIpc) is 3.36. The Morgan fingerprint density at radius 3 is 2.65 bits per heavy atom. The summed E-state index contributed by atoms with van der Waals surface area (Å²) in [5, 5.41) is 9.79. The van der Waals surface area contributed by atoms with Crippen LogP contribution in [0.25, 0.3) is 10.2 Å². The van der Waals surface area contributed by atoms with Crippen LogP contribution in [0.15, 0.2) is 56.3 Å². The number of hydrogen-bond donors (Lipinski definition) is 1. The monoisotopic (exact) mass is 499 g/mol. The van der Waals surface area contributed by atoms with E-state index in [0.717, 1.165) is 30.7 Å². The molecule has 0 fully saturated rings. The number of fused-ring (bicyclic) bond motifs is 3. The van der Waals surface area contributed by atoms with Crippen molar-refractivity contribution >= 4 is 37.5 Å². The first-order valence-corrected chi connectivity index (χ1v) is 11.7. The van der Waals surface area contributed by atoms with Crippen molar-refractivity contribution in [3.8, 4) is 0 Å². The minimum atomic E-state index is -0.300. The molecule has 1 aromatic carbocycles. The Bertz CT molecular complexity index is 1380. The van der Waals surface area contributed by atoms with Crippen LogP contribution in [0.4, 0.5) is 0 Å². The fraction of sp³-hybridized carbons (Fsp3) is 0.304. The zero-order valence-electron chi connectivity index (χ0n) is 17.3. The number of ether oxygens (including phenoxy) is 1. The lowest BCUT2D eigenvalue weighted by Gasteiger charge is -2.30. The van der Waals surface area contributed by atoms with Gasteiger partial charge in [0.2, 0.25) is 0 Å². The molecule has 31 heavy (non-hydrogen) atoms. The molecule has 0 bridgehead atoms. The van der Waals surface area contributed by atoms with E-state index in [1.807, 2.05) is 30.3 Å².